The van der Waals surface area contributed by atoms with Gasteiger partial charge in [-0.2, -0.15) is 0 Å². The van der Waals surface area contributed by atoms with Crippen LogP contribution in [0.15, 0.2) is 42.5 Å². The highest BCUT2D eigenvalue weighted by Gasteiger charge is 2.24. The molecular formula is C23H24ClNO3. The summed E-state index contributed by atoms with van der Waals surface area (Å²) < 4.78 is 7.16. The second-order valence-electron chi connectivity index (χ2n) is 8.00. The molecule has 0 aliphatic carbocycles. The molecule has 0 unspecified atom stereocenters. The van der Waals surface area contributed by atoms with Crippen molar-refractivity contribution in [3.8, 4) is 0 Å². The van der Waals surface area contributed by atoms with Gasteiger partial charge in [-0.1, -0.05) is 23.2 Å². The minimum absolute atomic E-state index is 0.115. The van der Waals surface area contributed by atoms with Gasteiger partial charge in [-0.25, -0.2) is 0 Å². The van der Waals surface area contributed by atoms with Crippen LogP contribution in [-0.2, 0) is 16.0 Å². The summed E-state index contributed by atoms with van der Waals surface area (Å²) in [6.45, 7) is 9.38. The van der Waals surface area contributed by atoms with E-state index in [1.165, 1.54) is 0 Å². The summed E-state index contributed by atoms with van der Waals surface area (Å²) in [5, 5.41) is 1.47. The first-order chi connectivity index (χ1) is 13.1. The number of carbonyl (C=O) groups is 2. The zero-order chi connectivity index (χ0) is 20.6. The summed E-state index contributed by atoms with van der Waals surface area (Å²) in [6, 6.07) is 12.7. The Balaban J connectivity index is 2.11. The maximum atomic E-state index is 13.2. The minimum atomic E-state index is -0.557. The number of halogens is 1. The van der Waals surface area contributed by atoms with Gasteiger partial charge in [0.2, 0.25) is 0 Å². The van der Waals surface area contributed by atoms with E-state index in [-0.39, 0.29) is 18.3 Å². The summed E-state index contributed by atoms with van der Waals surface area (Å²) in [5.74, 6) is -0.464. The number of fused-ring (bicyclic) bond motifs is 1. The van der Waals surface area contributed by atoms with E-state index < -0.39 is 5.60 Å². The Morgan fingerprint density at radius 1 is 1.04 bits per heavy atom. The molecule has 28 heavy (non-hydrogen) atoms. The Bertz CT molecular complexity index is 1060. The normalized spacial score (nSPS) is 11.6. The Morgan fingerprint density at radius 2 is 1.68 bits per heavy atom. The third-order valence-corrected chi connectivity index (χ3v) is 4.78. The number of aryl methyl sites for hydroxylation is 1. The van der Waals surface area contributed by atoms with Crippen molar-refractivity contribution in [1.29, 1.82) is 0 Å². The van der Waals surface area contributed by atoms with E-state index in [4.69, 9.17) is 16.3 Å². The van der Waals surface area contributed by atoms with Crippen molar-refractivity contribution in [2.24, 2.45) is 0 Å². The summed E-state index contributed by atoms with van der Waals surface area (Å²) in [4.78, 5) is 25.7. The van der Waals surface area contributed by atoms with Gasteiger partial charge >= 0.3 is 5.97 Å². The fourth-order valence-electron chi connectivity index (χ4n) is 3.33. The van der Waals surface area contributed by atoms with Gasteiger partial charge < -0.3 is 4.74 Å². The van der Waals surface area contributed by atoms with Gasteiger partial charge in [-0.05, 0) is 76.6 Å². The average molecular weight is 398 g/mol. The first kappa shape index (κ1) is 20.2. The molecule has 0 N–H and O–H groups in total. The molecule has 0 saturated heterocycles. The zero-order valence-corrected chi connectivity index (χ0v) is 17.6. The number of aromatic nitrogens is 1. The number of carbonyl (C=O) groups excluding carboxylic acids is 2. The topological polar surface area (TPSA) is 48.3 Å². The Morgan fingerprint density at radius 3 is 2.29 bits per heavy atom. The van der Waals surface area contributed by atoms with Crippen LogP contribution in [0.2, 0.25) is 5.02 Å². The van der Waals surface area contributed by atoms with Crippen LogP contribution in [0.3, 0.4) is 0 Å². The van der Waals surface area contributed by atoms with Crippen LogP contribution in [0.25, 0.3) is 10.9 Å². The minimum Gasteiger partial charge on any atom is -0.460 e. The molecule has 0 bridgehead atoms. The first-order valence-corrected chi connectivity index (χ1v) is 9.57. The van der Waals surface area contributed by atoms with Crippen LogP contribution < -0.4 is 0 Å². The molecule has 1 heterocycles. The standard InChI is InChI=1S/C23H24ClNO3/c1-14-6-11-20-19(12-14)18(13-21(26)28-23(3,4)5)15(2)25(20)22(27)16-7-9-17(24)10-8-16/h6-12H,13H2,1-5H3. The number of hydrogen-bond acceptors (Lipinski definition) is 3. The van der Waals surface area contributed by atoms with Crippen LogP contribution in [0.1, 0.15) is 48.0 Å². The van der Waals surface area contributed by atoms with Gasteiger partial charge in [0.25, 0.3) is 5.91 Å². The number of rotatable bonds is 3. The third-order valence-electron chi connectivity index (χ3n) is 4.53. The van der Waals surface area contributed by atoms with Gasteiger partial charge in [0.15, 0.2) is 0 Å². The van der Waals surface area contributed by atoms with Crippen molar-refractivity contribution in [2.45, 2.75) is 46.6 Å². The third kappa shape index (κ3) is 4.12. The molecule has 0 saturated carbocycles. The molecule has 0 spiro atoms. The molecule has 5 heteroatoms. The molecule has 0 amide bonds. The summed E-state index contributed by atoms with van der Waals surface area (Å²) in [7, 11) is 0. The molecule has 3 rings (SSSR count). The zero-order valence-electron chi connectivity index (χ0n) is 16.8. The van der Waals surface area contributed by atoms with Crippen molar-refractivity contribution in [1.82, 2.24) is 4.57 Å². The highest BCUT2D eigenvalue weighted by molar-refractivity contribution is 6.30. The van der Waals surface area contributed by atoms with E-state index in [1.54, 1.807) is 28.8 Å². The van der Waals surface area contributed by atoms with Crippen LogP contribution >= 0.6 is 11.6 Å². The number of esters is 1. The van der Waals surface area contributed by atoms with Gasteiger partial charge in [-0.3, -0.25) is 14.2 Å². The molecule has 0 fully saturated rings. The lowest BCUT2D eigenvalue weighted by atomic mass is 10.1. The summed E-state index contributed by atoms with van der Waals surface area (Å²) in [5.41, 5.74) is 3.38. The van der Waals surface area contributed by atoms with E-state index in [9.17, 15) is 9.59 Å². The second-order valence-corrected chi connectivity index (χ2v) is 8.43. The fourth-order valence-corrected chi connectivity index (χ4v) is 3.45. The van der Waals surface area contributed by atoms with Crippen LogP contribution in [0.4, 0.5) is 0 Å². The number of nitrogens with zero attached hydrogens (tertiary/aromatic N) is 1. The van der Waals surface area contributed by atoms with Gasteiger partial charge in [0.05, 0.1) is 11.9 Å². The molecule has 146 valence electrons. The molecule has 0 radical (unpaired) electrons. The molecule has 0 aliphatic rings. The average Bonchev–Trinajstić information content (AvgIpc) is 2.85. The molecule has 0 atom stereocenters. The van der Waals surface area contributed by atoms with Gasteiger partial charge in [0, 0.05) is 21.7 Å². The smallest absolute Gasteiger partial charge is 0.310 e. The van der Waals surface area contributed by atoms with E-state index in [0.717, 1.165) is 27.7 Å². The van der Waals surface area contributed by atoms with Crippen molar-refractivity contribution in [3.05, 3.63) is 69.9 Å². The van der Waals surface area contributed by atoms with Crippen molar-refractivity contribution >= 4 is 34.4 Å². The molecular weight excluding hydrogens is 374 g/mol. The maximum absolute atomic E-state index is 13.2. The van der Waals surface area contributed by atoms with Crippen LogP contribution in [-0.4, -0.2) is 22.0 Å². The number of ether oxygens (including phenoxy) is 1. The molecule has 0 aliphatic heterocycles. The van der Waals surface area contributed by atoms with E-state index in [2.05, 4.69) is 0 Å². The number of benzene rings is 2. The quantitative estimate of drug-likeness (QED) is 0.549. The summed E-state index contributed by atoms with van der Waals surface area (Å²) in [6.07, 6.45) is 0.115. The van der Waals surface area contributed by atoms with E-state index in [0.29, 0.717) is 10.6 Å². The first-order valence-electron chi connectivity index (χ1n) is 9.19. The van der Waals surface area contributed by atoms with Crippen molar-refractivity contribution in [2.75, 3.05) is 0 Å². The fraction of sp³-hybridized carbons (Fsp3) is 0.304. The SMILES string of the molecule is Cc1ccc2c(c1)c(CC(=O)OC(C)(C)C)c(C)n2C(=O)c1ccc(Cl)cc1. The monoisotopic (exact) mass is 397 g/mol. The maximum Gasteiger partial charge on any atom is 0.310 e. The van der Waals surface area contributed by atoms with Crippen molar-refractivity contribution in [3.63, 3.8) is 0 Å². The van der Waals surface area contributed by atoms with E-state index in [1.807, 2.05) is 52.8 Å². The molecule has 2 aromatic carbocycles. The molecule has 4 nitrogen and oxygen atoms in total. The lowest BCUT2D eigenvalue weighted by Crippen LogP contribution is -2.25. The Kier molecular flexibility index (Phi) is 5.35. The largest absolute Gasteiger partial charge is 0.460 e. The van der Waals surface area contributed by atoms with Crippen LogP contribution in [0.5, 0.6) is 0 Å². The predicted molar refractivity (Wildman–Crippen MR) is 112 cm³/mol. The lowest BCUT2D eigenvalue weighted by Gasteiger charge is -2.19. The lowest BCUT2D eigenvalue weighted by molar-refractivity contribution is -0.153. The Hall–Kier alpha value is -2.59. The van der Waals surface area contributed by atoms with Crippen LogP contribution in [0, 0.1) is 13.8 Å². The predicted octanol–water partition coefficient (Wildman–Crippen LogP) is 5.48. The summed E-state index contributed by atoms with van der Waals surface area (Å²) >= 11 is 5.95. The van der Waals surface area contributed by atoms with Gasteiger partial charge in [0.1, 0.15) is 5.60 Å². The highest BCUT2D eigenvalue weighted by Crippen LogP contribution is 2.29. The Labute approximate surface area is 170 Å². The van der Waals surface area contributed by atoms with Gasteiger partial charge in [-0.15, -0.1) is 0 Å². The highest BCUT2D eigenvalue weighted by atomic mass is 35.5. The van der Waals surface area contributed by atoms with E-state index >= 15 is 0 Å². The molecule has 1 aromatic heterocycles. The number of hydrogen-bond donors (Lipinski definition) is 0. The van der Waals surface area contributed by atoms with Crippen molar-refractivity contribution < 1.29 is 14.3 Å². The molecule has 3 aromatic rings. The second kappa shape index (κ2) is 7.44.